The maximum atomic E-state index is 12.4. The Bertz CT molecular complexity index is 652. The number of carbonyl (C=O) groups excluding carboxylic acids is 1. The molecule has 0 aromatic heterocycles. The van der Waals surface area contributed by atoms with Gasteiger partial charge in [-0.25, -0.2) is 9.31 Å². The van der Waals surface area contributed by atoms with Gasteiger partial charge in [0.15, 0.2) is 0 Å². The molecule has 2 aliphatic rings. The molecule has 2 N–H and O–H groups in total. The van der Waals surface area contributed by atoms with Gasteiger partial charge in [-0.3, -0.25) is 10.6 Å². The number of hydrogen-bond donors (Lipinski definition) is 2. The number of piperidine rings is 2. The van der Waals surface area contributed by atoms with Crippen LogP contribution in [-0.2, 0) is 14.3 Å². The highest BCUT2D eigenvalue weighted by molar-refractivity contribution is 7.77. The highest BCUT2D eigenvalue weighted by Crippen LogP contribution is 2.41. The number of rotatable bonds is 12. The van der Waals surface area contributed by atoms with Crippen LogP contribution in [0.3, 0.4) is 0 Å². The normalized spacial score (nSPS) is 24.4. The Labute approximate surface area is 227 Å². The Morgan fingerprint density at radius 3 is 1.64 bits per heavy atom. The third-order valence-corrected chi connectivity index (χ3v) is 9.16. The van der Waals surface area contributed by atoms with Crippen molar-refractivity contribution in [1.29, 1.82) is 0 Å². The van der Waals surface area contributed by atoms with Gasteiger partial charge in [-0.05, 0) is 68.2 Å². The fourth-order valence-corrected chi connectivity index (χ4v) is 6.55. The minimum atomic E-state index is -0.180. The van der Waals surface area contributed by atoms with Gasteiger partial charge in [0.2, 0.25) is 0 Å². The summed E-state index contributed by atoms with van der Waals surface area (Å²) in [5, 5.41) is 1.92. The Morgan fingerprint density at radius 1 is 0.750 bits per heavy atom. The summed E-state index contributed by atoms with van der Waals surface area (Å²) >= 11 is 4.74. The third-order valence-electron chi connectivity index (χ3n) is 8.08. The van der Waals surface area contributed by atoms with Gasteiger partial charge in [-0.2, -0.15) is 0 Å². The SMILES string of the molecule is C=C(CCCCCCCCC(=O)OC1CC(C)(C)N(N)C(C)(C)C1)OC1CC(C)(C)N(S)C(C)(C)C1. The third kappa shape index (κ3) is 8.92. The quantitative estimate of drug-likeness (QED) is 0.0945. The molecule has 0 saturated carbocycles. The van der Waals surface area contributed by atoms with Crippen LogP contribution in [-0.4, -0.2) is 49.6 Å². The fraction of sp³-hybridized carbons (Fsp3) is 0.897. The lowest BCUT2D eigenvalue weighted by Gasteiger charge is -2.52. The van der Waals surface area contributed by atoms with Gasteiger partial charge in [-0.15, -0.1) is 0 Å². The first-order valence-electron chi connectivity index (χ1n) is 14.0. The molecule has 0 radical (unpaired) electrons. The summed E-state index contributed by atoms with van der Waals surface area (Å²) in [6, 6.07) is 0. The van der Waals surface area contributed by atoms with Crippen molar-refractivity contribution in [3.63, 3.8) is 0 Å². The number of allylic oxidation sites excluding steroid dienone is 1. The van der Waals surface area contributed by atoms with Crippen molar-refractivity contribution in [2.45, 2.75) is 167 Å². The maximum absolute atomic E-state index is 12.4. The van der Waals surface area contributed by atoms with E-state index in [0.717, 1.165) is 63.5 Å². The molecule has 2 aliphatic heterocycles. The molecule has 6 nitrogen and oxygen atoms in total. The topological polar surface area (TPSA) is 68.0 Å². The number of nitrogens with two attached hydrogens (primary N) is 1. The Morgan fingerprint density at radius 2 is 1.14 bits per heavy atom. The summed E-state index contributed by atoms with van der Waals surface area (Å²) in [4.78, 5) is 12.4. The van der Waals surface area contributed by atoms with Crippen LogP contribution in [0.25, 0.3) is 0 Å². The second-order valence-corrected chi connectivity index (χ2v) is 14.2. The molecule has 2 rings (SSSR count). The predicted molar refractivity (Wildman–Crippen MR) is 152 cm³/mol. The molecule has 0 atom stereocenters. The van der Waals surface area contributed by atoms with Gasteiger partial charge < -0.3 is 9.47 Å². The van der Waals surface area contributed by atoms with Crippen LogP contribution in [0.4, 0.5) is 0 Å². The zero-order valence-electron chi connectivity index (χ0n) is 24.5. The highest BCUT2D eigenvalue weighted by atomic mass is 32.1. The predicted octanol–water partition coefficient (Wildman–Crippen LogP) is 6.94. The average molecular weight is 526 g/mol. The van der Waals surface area contributed by atoms with E-state index in [1.165, 1.54) is 12.8 Å². The number of esters is 1. The molecule has 0 aliphatic carbocycles. The molecule has 2 heterocycles. The summed E-state index contributed by atoms with van der Waals surface area (Å²) in [7, 11) is 0. The number of nitrogens with zero attached hydrogens (tertiary/aromatic N) is 2. The maximum Gasteiger partial charge on any atom is 0.306 e. The number of carbonyl (C=O) groups is 1. The molecule has 7 heteroatoms. The van der Waals surface area contributed by atoms with Crippen molar-refractivity contribution in [3.05, 3.63) is 12.3 Å². The van der Waals surface area contributed by atoms with E-state index < -0.39 is 0 Å². The molecule has 210 valence electrons. The molecular weight excluding hydrogens is 470 g/mol. The standard InChI is InChI=1S/C29H55N3O3S/c1-22(34-23-20-28(6,7)32(36)29(8,9)21-23)16-14-12-10-11-13-15-17-25(33)35-24-18-26(2,3)31(30)27(4,5)19-24/h23-24,36H,1,10-21,30H2,2-9H3. The molecule has 0 spiro atoms. The molecule has 2 saturated heterocycles. The molecule has 0 bridgehead atoms. The van der Waals surface area contributed by atoms with Crippen LogP contribution in [0.1, 0.15) is 132 Å². The lowest BCUT2D eigenvalue weighted by molar-refractivity contribution is -0.160. The monoisotopic (exact) mass is 525 g/mol. The first kappa shape index (κ1) is 31.5. The van der Waals surface area contributed by atoms with Crippen molar-refractivity contribution >= 4 is 18.8 Å². The van der Waals surface area contributed by atoms with Gasteiger partial charge in [-0.1, -0.05) is 45.1 Å². The average Bonchev–Trinajstić information content (AvgIpc) is 2.71. The molecule has 0 aromatic rings. The second-order valence-electron chi connectivity index (χ2n) is 13.8. The summed E-state index contributed by atoms with van der Waals surface area (Å²) in [6.07, 6.45) is 11.6. The lowest BCUT2D eigenvalue weighted by Crippen LogP contribution is -2.65. The van der Waals surface area contributed by atoms with Gasteiger partial charge in [0, 0.05) is 60.7 Å². The minimum absolute atomic E-state index is 0.00249. The van der Waals surface area contributed by atoms with E-state index in [-0.39, 0.29) is 40.3 Å². The number of thiol groups is 1. The van der Waals surface area contributed by atoms with E-state index in [0.29, 0.717) is 6.42 Å². The Balaban J connectivity index is 1.54. The van der Waals surface area contributed by atoms with Crippen LogP contribution in [0.15, 0.2) is 12.3 Å². The molecule has 36 heavy (non-hydrogen) atoms. The number of hydrazine groups is 1. The summed E-state index contributed by atoms with van der Waals surface area (Å²) < 4.78 is 14.3. The van der Waals surface area contributed by atoms with E-state index in [4.69, 9.17) is 28.1 Å². The highest BCUT2D eigenvalue weighted by Gasteiger charge is 2.46. The van der Waals surface area contributed by atoms with Crippen molar-refractivity contribution in [3.8, 4) is 0 Å². The molecule has 2 fully saturated rings. The molecule has 0 amide bonds. The van der Waals surface area contributed by atoms with E-state index in [1.807, 2.05) is 5.01 Å². The van der Waals surface area contributed by atoms with Crippen LogP contribution < -0.4 is 5.84 Å². The van der Waals surface area contributed by atoms with E-state index >= 15 is 0 Å². The zero-order valence-corrected chi connectivity index (χ0v) is 25.4. The molecule has 0 aromatic carbocycles. The van der Waals surface area contributed by atoms with Crippen LogP contribution >= 0.6 is 12.8 Å². The first-order valence-corrected chi connectivity index (χ1v) is 14.4. The van der Waals surface area contributed by atoms with Gasteiger partial charge in [0.1, 0.15) is 12.2 Å². The Kier molecular flexibility index (Phi) is 10.8. The van der Waals surface area contributed by atoms with Gasteiger partial charge in [0.25, 0.3) is 0 Å². The lowest BCUT2D eigenvalue weighted by atomic mass is 9.80. The van der Waals surface area contributed by atoms with Crippen molar-refractivity contribution in [2.75, 3.05) is 0 Å². The van der Waals surface area contributed by atoms with Gasteiger partial charge in [0.05, 0.1) is 5.76 Å². The largest absolute Gasteiger partial charge is 0.495 e. The number of unbranched alkanes of at least 4 members (excludes halogenated alkanes) is 5. The number of ether oxygens (including phenoxy) is 2. The molecular formula is C29H55N3O3S. The summed E-state index contributed by atoms with van der Waals surface area (Å²) in [5.74, 6) is 7.13. The van der Waals surface area contributed by atoms with E-state index in [1.54, 1.807) is 0 Å². The summed E-state index contributed by atoms with van der Waals surface area (Å²) in [5.41, 5.74) is -0.366. The molecule has 0 unspecified atom stereocenters. The summed E-state index contributed by atoms with van der Waals surface area (Å²) in [6.45, 7) is 21.6. The minimum Gasteiger partial charge on any atom is -0.495 e. The van der Waals surface area contributed by atoms with Crippen LogP contribution in [0.2, 0.25) is 0 Å². The fourth-order valence-electron chi connectivity index (χ4n) is 6.39. The Hall–Kier alpha value is -0.760. The van der Waals surface area contributed by atoms with Crippen molar-refractivity contribution < 1.29 is 14.3 Å². The van der Waals surface area contributed by atoms with Crippen LogP contribution in [0, 0.1) is 0 Å². The first-order chi connectivity index (χ1) is 16.5. The second kappa shape index (κ2) is 12.4. The van der Waals surface area contributed by atoms with E-state index in [9.17, 15) is 4.79 Å². The number of hydrogen-bond acceptors (Lipinski definition) is 7. The van der Waals surface area contributed by atoms with Gasteiger partial charge >= 0.3 is 5.97 Å². The van der Waals surface area contributed by atoms with Crippen molar-refractivity contribution in [2.24, 2.45) is 5.84 Å². The smallest absolute Gasteiger partial charge is 0.306 e. The van der Waals surface area contributed by atoms with Crippen molar-refractivity contribution in [1.82, 2.24) is 9.31 Å². The van der Waals surface area contributed by atoms with E-state index in [2.05, 4.69) is 66.3 Å². The zero-order chi connectivity index (χ0) is 27.4. The van der Waals surface area contributed by atoms with Crippen LogP contribution in [0.5, 0.6) is 0 Å².